The van der Waals surface area contributed by atoms with E-state index in [1.54, 1.807) is 13.2 Å². The first-order valence-corrected chi connectivity index (χ1v) is 5.98. The number of benzene rings is 1. The van der Waals surface area contributed by atoms with Crippen LogP contribution in [0.5, 0.6) is 11.6 Å². The largest absolute Gasteiger partial charge is 0.508 e. The smallest absolute Gasteiger partial charge is 0.213 e. The molecular formula is C15H17NO2. The van der Waals surface area contributed by atoms with Crippen LogP contribution in [0.1, 0.15) is 24.1 Å². The Balaban J connectivity index is 2.16. The van der Waals surface area contributed by atoms with Gasteiger partial charge in [0.2, 0.25) is 5.88 Å². The Bertz CT molecular complexity index is 525. The van der Waals surface area contributed by atoms with E-state index < -0.39 is 0 Å². The van der Waals surface area contributed by atoms with Gasteiger partial charge in [0.15, 0.2) is 0 Å². The van der Waals surface area contributed by atoms with E-state index in [2.05, 4.69) is 11.9 Å². The zero-order chi connectivity index (χ0) is 13.0. The Kier molecular flexibility index (Phi) is 3.82. The normalized spacial score (nSPS) is 12.1. The van der Waals surface area contributed by atoms with Gasteiger partial charge in [-0.15, -0.1) is 0 Å². The van der Waals surface area contributed by atoms with E-state index in [4.69, 9.17) is 4.74 Å². The molecule has 1 aromatic heterocycles. The van der Waals surface area contributed by atoms with Crippen LogP contribution < -0.4 is 4.74 Å². The Morgan fingerprint density at radius 1 is 1.17 bits per heavy atom. The van der Waals surface area contributed by atoms with E-state index in [9.17, 15) is 5.11 Å². The van der Waals surface area contributed by atoms with E-state index >= 15 is 0 Å². The first-order valence-electron chi connectivity index (χ1n) is 5.98. The zero-order valence-electron chi connectivity index (χ0n) is 10.6. The number of phenols is 1. The summed E-state index contributed by atoms with van der Waals surface area (Å²) in [7, 11) is 1.61. The molecule has 0 saturated heterocycles. The molecule has 0 amide bonds. The molecule has 0 aliphatic carbocycles. The summed E-state index contributed by atoms with van der Waals surface area (Å²) in [5.74, 6) is 1.19. The second-order valence-electron chi connectivity index (χ2n) is 4.34. The van der Waals surface area contributed by atoms with Gasteiger partial charge in [-0.1, -0.05) is 31.2 Å². The Morgan fingerprint density at radius 3 is 2.67 bits per heavy atom. The fourth-order valence-electron chi connectivity index (χ4n) is 1.94. The van der Waals surface area contributed by atoms with Crippen LogP contribution in [0.3, 0.4) is 0 Å². The molecule has 3 nitrogen and oxygen atoms in total. The van der Waals surface area contributed by atoms with Crippen LogP contribution in [0.15, 0.2) is 42.5 Å². The fourth-order valence-corrected chi connectivity index (χ4v) is 1.94. The van der Waals surface area contributed by atoms with Crippen molar-refractivity contribution in [3.63, 3.8) is 0 Å². The van der Waals surface area contributed by atoms with Crippen molar-refractivity contribution in [2.75, 3.05) is 7.11 Å². The molecule has 0 bridgehead atoms. The molecule has 2 rings (SSSR count). The lowest BCUT2D eigenvalue weighted by molar-refractivity contribution is 0.395. The summed E-state index contributed by atoms with van der Waals surface area (Å²) in [6.07, 6.45) is 0.757. The number of ether oxygens (including phenoxy) is 1. The predicted octanol–water partition coefficient (Wildman–Crippen LogP) is 3.14. The molecule has 94 valence electrons. The van der Waals surface area contributed by atoms with E-state index in [1.807, 2.05) is 36.4 Å². The fraction of sp³-hybridized carbons (Fsp3) is 0.267. The van der Waals surface area contributed by atoms with Crippen molar-refractivity contribution in [3.8, 4) is 11.6 Å². The molecule has 1 atom stereocenters. The number of pyridine rings is 1. The van der Waals surface area contributed by atoms with Gasteiger partial charge in [0.05, 0.1) is 7.11 Å². The number of aromatic hydroxyl groups is 1. The van der Waals surface area contributed by atoms with Gasteiger partial charge >= 0.3 is 0 Å². The molecule has 18 heavy (non-hydrogen) atoms. The minimum atomic E-state index is 0.230. The number of para-hydroxylation sites is 1. The van der Waals surface area contributed by atoms with Gasteiger partial charge in [-0.2, -0.15) is 0 Å². The number of nitrogens with zero attached hydrogens (tertiary/aromatic N) is 1. The van der Waals surface area contributed by atoms with Gasteiger partial charge in [0, 0.05) is 17.7 Å². The Hall–Kier alpha value is -2.03. The third kappa shape index (κ3) is 2.80. The molecule has 1 aromatic carbocycles. The third-order valence-electron chi connectivity index (χ3n) is 2.98. The number of hydrogen-bond acceptors (Lipinski definition) is 3. The summed E-state index contributed by atoms with van der Waals surface area (Å²) in [5.41, 5.74) is 1.91. The molecule has 0 fully saturated rings. The van der Waals surface area contributed by atoms with Crippen LogP contribution in [0.25, 0.3) is 0 Å². The summed E-state index contributed by atoms with van der Waals surface area (Å²) in [6, 6.07) is 13.1. The van der Waals surface area contributed by atoms with Crippen LogP contribution in [0, 0.1) is 0 Å². The van der Waals surface area contributed by atoms with Crippen LogP contribution >= 0.6 is 0 Å². The van der Waals surface area contributed by atoms with Gasteiger partial charge in [-0.05, 0) is 24.1 Å². The number of phenolic OH excluding ortho intramolecular Hbond substituents is 1. The van der Waals surface area contributed by atoms with E-state index in [-0.39, 0.29) is 5.92 Å². The summed E-state index contributed by atoms with van der Waals surface area (Å²) in [6.45, 7) is 2.09. The van der Waals surface area contributed by atoms with Gasteiger partial charge in [0.1, 0.15) is 5.75 Å². The van der Waals surface area contributed by atoms with Crippen molar-refractivity contribution in [1.29, 1.82) is 0 Å². The number of hydrogen-bond donors (Lipinski definition) is 1. The van der Waals surface area contributed by atoms with Crippen LogP contribution in [0.4, 0.5) is 0 Å². The number of rotatable bonds is 4. The van der Waals surface area contributed by atoms with Crippen molar-refractivity contribution >= 4 is 0 Å². The second kappa shape index (κ2) is 5.54. The highest BCUT2D eigenvalue weighted by atomic mass is 16.5. The Labute approximate surface area is 107 Å². The lowest BCUT2D eigenvalue weighted by Crippen LogP contribution is -2.02. The minimum Gasteiger partial charge on any atom is -0.508 e. The summed E-state index contributed by atoms with van der Waals surface area (Å²) < 4.78 is 5.12. The first-order chi connectivity index (χ1) is 8.70. The van der Waals surface area contributed by atoms with Gasteiger partial charge < -0.3 is 9.84 Å². The van der Waals surface area contributed by atoms with Gasteiger partial charge in [-0.3, -0.25) is 0 Å². The first kappa shape index (κ1) is 12.4. The number of aromatic nitrogens is 1. The lowest BCUT2D eigenvalue weighted by atomic mass is 9.97. The molecule has 1 N–H and O–H groups in total. The second-order valence-corrected chi connectivity index (χ2v) is 4.34. The summed E-state index contributed by atoms with van der Waals surface area (Å²) >= 11 is 0. The zero-order valence-corrected chi connectivity index (χ0v) is 10.6. The number of methoxy groups -OCH3 is 1. The standard InChI is InChI=1S/C15H17NO2/c1-11(10-12-6-3-4-8-14(12)17)13-7-5-9-15(16-13)18-2/h3-9,11,17H,10H2,1-2H3. The maximum Gasteiger partial charge on any atom is 0.213 e. The molecule has 0 aliphatic heterocycles. The average molecular weight is 243 g/mol. The van der Waals surface area contributed by atoms with Crippen LogP contribution in [0.2, 0.25) is 0 Å². The molecule has 0 radical (unpaired) electrons. The minimum absolute atomic E-state index is 0.230. The molecule has 1 heterocycles. The quantitative estimate of drug-likeness (QED) is 0.897. The van der Waals surface area contributed by atoms with Crippen molar-refractivity contribution in [3.05, 3.63) is 53.7 Å². The van der Waals surface area contributed by atoms with Gasteiger partial charge in [0.25, 0.3) is 0 Å². The molecule has 0 spiro atoms. The van der Waals surface area contributed by atoms with E-state index in [0.29, 0.717) is 11.6 Å². The van der Waals surface area contributed by atoms with Crippen molar-refractivity contribution < 1.29 is 9.84 Å². The van der Waals surface area contributed by atoms with Crippen molar-refractivity contribution in [1.82, 2.24) is 4.98 Å². The van der Waals surface area contributed by atoms with Crippen LogP contribution in [-0.2, 0) is 6.42 Å². The maximum atomic E-state index is 9.76. The molecular weight excluding hydrogens is 226 g/mol. The highest BCUT2D eigenvalue weighted by Gasteiger charge is 2.11. The highest BCUT2D eigenvalue weighted by Crippen LogP contribution is 2.25. The highest BCUT2D eigenvalue weighted by molar-refractivity contribution is 5.33. The average Bonchev–Trinajstić information content (AvgIpc) is 2.41. The Morgan fingerprint density at radius 2 is 1.94 bits per heavy atom. The monoisotopic (exact) mass is 243 g/mol. The molecule has 0 saturated carbocycles. The SMILES string of the molecule is COc1cccc(C(C)Cc2ccccc2O)n1. The summed E-state index contributed by atoms with van der Waals surface area (Å²) in [4.78, 5) is 4.41. The topological polar surface area (TPSA) is 42.4 Å². The molecule has 2 aromatic rings. The summed E-state index contributed by atoms with van der Waals surface area (Å²) in [5, 5.41) is 9.76. The molecule has 0 aliphatic rings. The van der Waals surface area contributed by atoms with E-state index in [0.717, 1.165) is 17.7 Å². The van der Waals surface area contributed by atoms with E-state index in [1.165, 1.54) is 0 Å². The lowest BCUT2D eigenvalue weighted by Gasteiger charge is -2.12. The maximum absolute atomic E-state index is 9.76. The molecule has 1 unspecified atom stereocenters. The van der Waals surface area contributed by atoms with Gasteiger partial charge in [-0.25, -0.2) is 4.98 Å². The molecule has 3 heteroatoms. The van der Waals surface area contributed by atoms with Crippen molar-refractivity contribution in [2.24, 2.45) is 0 Å². The van der Waals surface area contributed by atoms with Crippen molar-refractivity contribution in [2.45, 2.75) is 19.3 Å². The van der Waals surface area contributed by atoms with Crippen LogP contribution in [-0.4, -0.2) is 17.2 Å². The predicted molar refractivity (Wildman–Crippen MR) is 71.0 cm³/mol. The third-order valence-corrected chi connectivity index (χ3v) is 2.98.